The Kier molecular flexibility index (Phi) is 4.59. The smallest absolute Gasteiger partial charge is 0.335 e. The lowest BCUT2D eigenvalue weighted by molar-refractivity contribution is -0.119. The third-order valence-electron chi connectivity index (χ3n) is 2.47. The van der Waals surface area contributed by atoms with Crippen molar-refractivity contribution in [2.45, 2.75) is 24.4 Å². The normalized spacial score (nSPS) is 11.3. The Morgan fingerprint density at radius 2 is 1.95 bits per heavy atom. The van der Waals surface area contributed by atoms with Crippen LogP contribution in [0, 0.1) is 0 Å². The molecule has 0 fully saturated rings. The van der Waals surface area contributed by atoms with Gasteiger partial charge in [-0.05, 0) is 17.7 Å². The molecule has 0 aliphatic carbocycles. The number of rotatable bonds is 5. The molecule has 9 heteroatoms. The van der Waals surface area contributed by atoms with Gasteiger partial charge in [-0.3, -0.25) is 4.79 Å². The minimum absolute atomic E-state index is 0.0151. The molecule has 0 unspecified atom stereocenters. The second-order valence-corrected chi connectivity index (χ2v) is 6.56. The minimum atomic E-state index is -3.74. The lowest BCUT2D eigenvalue weighted by atomic mass is 10.2. The zero-order valence-electron chi connectivity index (χ0n) is 11.0. The van der Waals surface area contributed by atoms with Crippen molar-refractivity contribution < 1.29 is 17.6 Å². The largest absolute Gasteiger partial charge is 0.411 e. The monoisotopic (exact) mass is 329 g/mol. The highest BCUT2D eigenvalue weighted by Gasteiger charge is 2.23. The standard InChI is InChI=1S/C12H12ClN3O4S/c1-8(17)14-6-11-15-16-12(20-11)21(18,19)7-9-2-4-10(13)5-3-9/h2-5H,6-7H2,1H3,(H,14,17). The van der Waals surface area contributed by atoms with Gasteiger partial charge in [-0.15, -0.1) is 5.10 Å². The highest BCUT2D eigenvalue weighted by molar-refractivity contribution is 7.90. The van der Waals surface area contributed by atoms with Gasteiger partial charge in [0.1, 0.15) is 0 Å². The second-order valence-electron chi connectivity index (χ2n) is 4.26. The highest BCUT2D eigenvalue weighted by atomic mass is 35.5. The van der Waals surface area contributed by atoms with Gasteiger partial charge in [0.2, 0.25) is 21.6 Å². The molecule has 1 aromatic heterocycles. The molecule has 0 aliphatic rings. The van der Waals surface area contributed by atoms with Crippen molar-refractivity contribution in [3.63, 3.8) is 0 Å². The van der Waals surface area contributed by atoms with Crippen LogP contribution in [0.2, 0.25) is 5.02 Å². The van der Waals surface area contributed by atoms with E-state index in [4.69, 9.17) is 16.0 Å². The average Bonchev–Trinajstić information content (AvgIpc) is 2.88. The number of halogens is 1. The van der Waals surface area contributed by atoms with E-state index in [0.29, 0.717) is 10.6 Å². The van der Waals surface area contributed by atoms with E-state index in [1.165, 1.54) is 6.92 Å². The van der Waals surface area contributed by atoms with Crippen LogP contribution in [0.5, 0.6) is 0 Å². The van der Waals surface area contributed by atoms with Crippen LogP contribution in [-0.2, 0) is 26.9 Å². The molecule has 1 amide bonds. The number of nitrogens with one attached hydrogen (secondary N) is 1. The predicted octanol–water partition coefficient (Wildman–Crippen LogP) is 1.33. The van der Waals surface area contributed by atoms with Gasteiger partial charge >= 0.3 is 5.22 Å². The van der Waals surface area contributed by atoms with Crippen molar-refractivity contribution in [2.75, 3.05) is 0 Å². The van der Waals surface area contributed by atoms with E-state index < -0.39 is 15.1 Å². The molecule has 0 radical (unpaired) electrons. The van der Waals surface area contributed by atoms with Crippen molar-refractivity contribution in [3.8, 4) is 0 Å². The van der Waals surface area contributed by atoms with E-state index in [9.17, 15) is 13.2 Å². The molecule has 1 aromatic carbocycles. The first kappa shape index (κ1) is 15.5. The summed E-state index contributed by atoms with van der Waals surface area (Å²) in [6, 6.07) is 6.41. The summed E-state index contributed by atoms with van der Waals surface area (Å²) in [4.78, 5) is 10.8. The predicted molar refractivity (Wildman–Crippen MR) is 74.2 cm³/mol. The Morgan fingerprint density at radius 1 is 1.29 bits per heavy atom. The number of amides is 1. The third-order valence-corrected chi connectivity index (χ3v) is 4.14. The summed E-state index contributed by atoms with van der Waals surface area (Å²) in [5.74, 6) is -0.523. The van der Waals surface area contributed by atoms with Gasteiger partial charge in [-0.25, -0.2) is 8.42 Å². The molecule has 2 rings (SSSR count). The fourth-order valence-electron chi connectivity index (χ4n) is 1.50. The number of hydrogen-bond donors (Lipinski definition) is 1. The molecule has 2 aromatic rings. The zero-order chi connectivity index (χ0) is 15.5. The topological polar surface area (TPSA) is 102 Å². The molecule has 1 N–H and O–H groups in total. The van der Waals surface area contributed by atoms with Crippen molar-refractivity contribution in [1.29, 1.82) is 0 Å². The van der Waals surface area contributed by atoms with E-state index in [2.05, 4.69) is 15.5 Å². The fourth-order valence-corrected chi connectivity index (χ4v) is 2.77. The lowest BCUT2D eigenvalue weighted by Crippen LogP contribution is -2.19. The Hall–Kier alpha value is -1.93. The second kappa shape index (κ2) is 6.23. The van der Waals surface area contributed by atoms with E-state index in [-0.39, 0.29) is 24.1 Å². The third kappa shape index (κ3) is 4.27. The maximum atomic E-state index is 12.1. The van der Waals surface area contributed by atoms with Gasteiger partial charge in [0.25, 0.3) is 0 Å². The molecule has 0 saturated heterocycles. The number of hydrogen-bond acceptors (Lipinski definition) is 6. The number of carbonyl (C=O) groups excluding carboxylic acids is 1. The Morgan fingerprint density at radius 3 is 2.57 bits per heavy atom. The van der Waals surface area contributed by atoms with Crippen molar-refractivity contribution in [3.05, 3.63) is 40.7 Å². The number of benzene rings is 1. The van der Waals surface area contributed by atoms with E-state index >= 15 is 0 Å². The molecular formula is C12H12ClN3O4S. The van der Waals surface area contributed by atoms with Crippen LogP contribution < -0.4 is 5.32 Å². The van der Waals surface area contributed by atoms with Gasteiger partial charge in [0, 0.05) is 11.9 Å². The van der Waals surface area contributed by atoms with Crippen molar-refractivity contribution >= 4 is 27.3 Å². The zero-order valence-corrected chi connectivity index (χ0v) is 12.6. The molecule has 7 nitrogen and oxygen atoms in total. The van der Waals surface area contributed by atoms with Crippen LogP contribution in [0.1, 0.15) is 18.4 Å². The lowest BCUT2D eigenvalue weighted by Gasteiger charge is -2.00. The van der Waals surface area contributed by atoms with Crippen LogP contribution in [-0.4, -0.2) is 24.5 Å². The molecule has 0 spiro atoms. The Labute approximate surface area is 126 Å². The summed E-state index contributed by atoms with van der Waals surface area (Å²) in [5.41, 5.74) is 0.556. The van der Waals surface area contributed by atoms with Gasteiger partial charge < -0.3 is 9.73 Å². The first-order valence-electron chi connectivity index (χ1n) is 5.91. The van der Waals surface area contributed by atoms with E-state index in [1.807, 2.05) is 0 Å². The Bertz CT molecular complexity index is 740. The number of aromatic nitrogens is 2. The summed E-state index contributed by atoms with van der Waals surface area (Å²) in [5, 5.41) is 9.56. The summed E-state index contributed by atoms with van der Waals surface area (Å²) in [7, 11) is -3.74. The summed E-state index contributed by atoms with van der Waals surface area (Å²) >= 11 is 5.74. The average molecular weight is 330 g/mol. The maximum absolute atomic E-state index is 12.1. The summed E-state index contributed by atoms with van der Waals surface area (Å²) in [6.45, 7) is 1.31. The number of carbonyl (C=O) groups is 1. The Balaban J connectivity index is 2.12. The summed E-state index contributed by atoms with van der Waals surface area (Å²) in [6.07, 6.45) is 0. The molecule has 0 aliphatic heterocycles. The van der Waals surface area contributed by atoms with Gasteiger partial charge in [0.15, 0.2) is 0 Å². The molecule has 21 heavy (non-hydrogen) atoms. The highest BCUT2D eigenvalue weighted by Crippen LogP contribution is 2.17. The molecule has 112 valence electrons. The SMILES string of the molecule is CC(=O)NCc1nnc(S(=O)(=O)Cc2ccc(Cl)cc2)o1. The first-order valence-corrected chi connectivity index (χ1v) is 7.94. The molecular weight excluding hydrogens is 318 g/mol. The quantitative estimate of drug-likeness (QED) is 0.887. The van der Waals surface area contributed by atoms with Crippen molar-refractivity contribution in [2.24, 2.45) is 0 Å². The minimum Gasteiger partial charge on any atom is -0.411 e. The van der Waals surface area contributed by atoms with Crippen LogP contribution in [0.15, 0.2) is 33.9 Å². The van der Waals surface area contributed by atoms with Crippen LogP contribution in [0.3, 0.4) is 0 Å². The number of nitrogens with zero attached hydrogens (tertiary/aromatic N) is 2. The fraction of sp³-hybridized carbons (Fsp3) is 0.250. The summed E-state index contributed by atoms with van der Waals surface area (Å²) < 4.78 is 29.3. The van der Waals surface area contributed by atoms with Crippen LogP contribution in [0.25, 0.3) is 0 Å². The maximum Gasteiger partial charge on any atom is 0.335 e. The van der Waals surface area contributed by atoms with E-state index in [1.54, 1.807) is 24.3 Å². The number of sulfone groups is 1. The molecule has 0 atom stereocenters. The first-order chi connectivity index (χ1) is 9.87. The van der Waals surface area contributed by atoms with Gasteiger partial charge in [0.05, 0.1) is 12.3 Å². The molecule has 0 saturated carbocycles. The molecule has 0 bridgehead atoms. The molecule has 1 heterocycles. The van der Waals surface area contributed by atoms with Crippen LogP contribution >= 0.6 is 11.6 Å². The van der Waals surface area contributed by atoms with Crippen LogP contribution in [0.4, 0.5) is 0 Å². The van der Waals surface area contributed by atoms with Gasteiger partial charge in [-0.2, -0.15) is 0 Å². The van der Waals surface area contributed by atoms with E-state index in [0.717, 1.165) is 0 Å². The van der Waals surface area contributed by atoms with Gasteiger partial charge in [-0.1, -0.05) is 28.8 Å². The van der Waals surface area contributed by atoms with Crippen molar-refractivity contribution in [1.82, 2.24) is 15.5 Å².